The molecule has 0 atom stereocenters. The second-order valence-corrected chi connectivity index (χ2v) is 4.85. The molecule has 104 valence electrons. The van der Waals surface area contributed by atoms with E-state index in [9.17, 15) is 0 Å². The van der Waals surface area contributed by atoms with E-state index < -0.39 is 0 Å². The first-order valence-electron chi connectivity index (χ1n) is 6.65. The van der Waals surface area contributed by atoms with E-state index >= 15 is 0 Å². The third kappa shape index (κ3) is 6.01. The highest BCUT2D eigenvalue weighted by molar-refractivity contribution is 6.19. The quantitative estimate of drug-likeness (QED) is 0.524. The van der Waals surface area contributed by atoms with Crippen molar-refractivity contribution in [3.05, 3.63) is 66.2 Å². The van der Waals surface area contributed by atoms with E-state index in [1.807, 2.05) is 48.5 Å². The Morgan fingerprint density at radius 3 is 2.20 bits per heavy atom. The van der Waals surface area contributed by atoms with E-state index in [2.05, 4.69) is 12.1 Å². The van der Waals surface area contributed by atoms with Gasteiger partial charge in [-0.05, 0) is 24.1 Å². The fourth-order valence-electron chi connectivity index (χ4n) is 1.65. The topological polar surface area (TPSA) is 27.7 Å². The molecule has 2 aromatic rings. The molecule has 0 heterocycles. The molecule has 0 amide bonds. The van der Waals surface area contributed by atoms with Gasteiger partial charge in [-0.15, -0.1) is 0 Å². The summed E-state index contributed by atoms with van der Waals surface area (Å²) in [7, 11) is 0.0144. The van der Waals surface area contributed by atoms with Crippen molar-refractivity contribution < 1.29 is 13.6 Å². The molecule has 4 heteroatoms. The molecule has 0 unspecified atom stereocenters. The summed E-state index contributed by atoms with van der Waals surface area (Å²) < 4.78 is 16.3. The summed E-state index contributed by atoms with van der Waals surface area (Å²) in [5.74, 6) is 0.829. The van der Waals surface area contributed by atoms with Gasteiger partial charge in [0.25, 0.3) is 0 Å². The number of hydrogen-bond acceptors (Lipinski definition) is 3. The minimum absolute atomic E-state index is 0.0144. The van der Waals surface area contributed by atoms with Crippen molar-refractivity contribution in [1.29, 1.82) is 0 Å². The molecule has 0 saturated carbocycles. The predicted molar refractivity (Wildman–Crippen MR) is 79.7 cm³/mol. The second-order valence-electron chi connectivity index (χ2n) is 4.19. The molecule has 0 N–H and O–H groups in total. The van der Waals surface area contributed by atoms with Gasteiger partial charge in [0.15, 0.2) is 0 Å². The van der Waals surface area contributed by atoms with E-state index in [-0.39, 0.29) is 10.0 Å². The van der Waals surface area contributed by atoms with Gasteiger partial charge in [-0.3, -0.25) is 0 Å². The van der Waals surface area contributed by atoms with Gasteiger partial charge in [0.05, 0.1) is 19.8 Å². The van der Waals surface area contributed by atoms with Gasteiger partial charge < -0.3 is 13.6 Å². The van der Waals surface area contributed by atoms with Gasteiger partial charge in [0.1, 0.15) is 5.75 Å². The highest BCUT2D eigenvalue weighted by Gasteiger charge is 1.97. The van der Waals surface area contributed by atoms with Crippen LogP contribution in [0.1, 0.15) is 5.56 Å². The van der Waals surface area contributed by atoms with Crippen LogP contribution in [0.25, 0.3) is 0 Å². The van der Waals surface area contributed by atoms with E-state index in [4.69, 9.17) is 13.6 Å². The fraction of sp³-hybridized carbons (Fsp3) is 0.250. The maximum absolute atomic E-state index is 5.51. The van der Waals surface area contributed by atoms with Crippen molar-refractivity contribution in [2.75, 3.05) is 19.8 Å². The lowest BCUT2D eigenvalue weighted by atomic mass is 10.2. The molecule has 0 bridgehead atoms. The molecule has 2 aromatic carbocycles. The van der Waals surface area contributed by atoms with Crippen molar-refractivity contribution >= 4 is 10.0 Å². The monoisotopic (exact) mass is 286 g/mol. The molecule has 0 aliphatic carbocycles. The summed E-state index contributed by atoms with van der Waals surface area (Å²) in [6, 6.07) is 20.0. The van der Waals surface area contributed by atoms with Crippen molar-refractivity contribution in [2.24, 2.45) is 0 Å². The second kappa shape index (κ2) is 9.31. The lowest BCUT2D eigenvalue weighted by Gasteiger charge is -2.06. The van der Waals surface area contributed by atoms with E-state index in [1.54, 1.807) is 0 Å². The Morgan fingerprint density at radius 1 is 0.750 bits per heavy atom. The van der Waals surface area contributed by atoms with Crippen molar-refractivity contribution in [1.82, 2.24) is 0 Å². The van der Waals surface area contributed by atoms with Crippen molar-refractivity contribution in [2.45, 2.75) is 6.42 Å². The van der Waals surface area contributed by atoms with Gasteiger partial charge in [0, 0.05) is 0 Å². The summed E-state index contributed by atoms with van der Waals surface area (Å²) in [6.07, 6.45) is 0.934. The maximum Gasteiger partial charge on any atom is 0.521 e. The lowest BCUT2D eigenvalue weighted by molar-refractivity contribution is 0.0993. The largest absolute Gasteiger partial charge is 0.521 e. The van der Waals surface area contributed by atoms with Crippen molar-refractivity contribution in [3.63, 3.8) is 0 Å². The average Bonchev–Trinajstić information content (AvgIpc) is 2.52. The SMILES string of the molecule is c1ccc(CCOCCO[Si]Oc2ccccc2)cc1. The molecule has 0 aromatic heterocycles. The molecule has 0 aliphatic rings. The molecule has 0 fully saturated rings. The zero-order valence-corrected chi connectivity index (χ0v) is 12.3. The smallest absolute Gasteiger partial charge is 0.518 e. The van der Waals surface area contributed by atoms with Gasteiger partial charge in [0.2, 0.25) is 0 Å². The van der Waals surface area contributed by atoms with Crippen LogP contribution < -0.4 is 4.43 Å². The standard InChI is InChI=1S/C16H18O3Si/c1-3-7-15(8-4-1)11-12-17-13-14-18-20-19-16-9-5-2-6-10-16/h1-10H,11-14H2. The summed E-state index contributed by atoms with van der Waals surface area (Å²) in [5, 5.41) is 0. The minimum Gasteiger partial charge on any atom is -0.518 e. The average molecular weight is 286 g/mol. The van der Waals surface area contributed by atoms with Crippen LogP contribution in [0.3, 0.4) is 0 Å². The van der Waals surface area contributed by atoms with E-state index in [0.29, 0.717) is 13.2 Å². The van der Waals surface area contributed by atoms with Crippen LogP contribution in [0.5, 0.6) is 5.75 Å². The number of ether oxygens (including phenoxy) is 1. The van der Waals surface area contributed by atoms with Gasteiger partial charge >= 0.3 is 10.0 Å². The summed E-state index contributed by atoms with van der Waals surface area (Å²) in [6.45, 7) is 1.87. The first-order chi connectivity index (χ1) is 9.95. The zero-order chi connectivity index (χ0) is 13.9. The zero-order valence-electron chi connectivity index (χ0n) is 11.3. The Kier molecular flexibility index (Phi) is 6.88. The normalized spacial score (nSPS) is 10.4. The Bertz CT molecular complexity index is 416. The third-order valence-electron chi connectivity index (χ3n) is 2.67. The first kappa shape index (κ1) is 14.8. The van der Waals surface area contributed by atoms with Gasteiger partial charge in [-0.25, -0.2) is 0 Å². The van der Waals surface area contributed by atoms with Crippen LogP contribution in [-0.2, 0) is 15.6 Å². The molecule has 3 nitrogen and oxygen atoms in total. The number of rotatable bonds is 9. The third-order valence-corrected chi connectivity index (χ3v) is 3.31. The molecule has 0 aliphatic heterocycles. The Labute approximate surface area is 122 Å². The summed E-state index contributed by atoms with van der Waals surface area (Å²) >= 11 is 0. The minimum atomic E-state index is 0.0144. The van der Waals surface area contributed by atoms with Crippen molar-refractivity contribution in [3.8, 4) is 5.75 Å². The van der Waals surface area contributed by atoms with Crippen LogP contribution >= 0.6 is 0 Å². The number of benzene rings is 2. The maximum atomic E-state index is 5.51. The Hall–Kier alpha value is -1.62. The van der Waals surface area contributed by atoms with Crippen LogP contribution in [0.4, 0.5) is 0 Å². The number of hydrogen-bond donors (Lipinski definition) is 0. The highest BCUT2D eigenvalue weighted by atomic mass is 28.3. The summed E-state index contributed by atoms with van der Waals surface area (Å²) in [4.78, 5) is 0. The first-order valence-corrected chi connectivity index (χ1v) is 7.47. The molecule has 2 radical (unpaired) electrons. The fourth-order valence-corrected chi connectivity index (χ4v) is 2.10. The molecule has 2 rings (SSSR count). The predicted octanol–water partition coefficient (Wildman–Crippen LogP) is 2.88. The van der Waals surface area contributed by atoms with Crippen LogP contribution in [0.2, 0.25) is 0 Å². The van der Waals surface area contributed by atoms with Crippen LogP contribution in [0.15, 0.2) is 60.7 Å². The highest BCUT2D eigenvalue weighted by Crippen LogP contribution is 2.07. The molecule has 20 heavy (non-hydrogen) atoms. The Balaban J connectivity index is 1.44. The molecular weight excluding hydrogens is 268 g/mol. The Morgan fingerprint density at radius 2 is 1.45 bits per heavy atom. The van der Waals surface area contributed by atoms with E-state index in [1.165, 1.54) is 5.56 Å². The molecule has 0 saturated heterocycles. The molecular formula is C16H18O3Si. The van der Waals surface area contributed by atoms with Gasteiger partial charge in [-0.2, -0.15) is 0 Å². The summed E-state index contributed by atoms with van der Waals surface area (Å²) in [5.41, 5.74) is 1.29. The lowest BCUT2D eigenvalue weighted by Crippen LogP contribution is -2.13. The van der Waals surface area contributed by atoms with Crippen LogP contribution in [-0.4, -0.2) is 29.8 Å². The van der Waals surface area contributed by atoms with E-state index in [0.717, 1.165) is 18.8 Å². The molecule has 0 spiro atoms. The number of para-hydroxylation sites is 1. The van der Waals surface area contributed by atoms with Crippen LogP contribution in [0, 0.1) is 0 Å². The van der Waals surface area contributed by atoms with Gasteiger partial charge in [-0.1, -0.05) is 48.5 Å².